The van der Waals surface area contributed by atoms with Crippen LogP contribution in [0.5, 0.6) is 0 Å². The molecule has 0 aromatic heterocycles. The van der Waals surface area contributed by atoms with Crippen LogP contribution >= 0.6 is 0 Å². The van der Waals surface area contributed by atoms with Crippen LogP contribution in [0.4, 0.5) is 0 Å². The van der Waals surface area contributed by atoms with Gasteiger partial charge in [-0.3, -0.25) is 4.79 Å². The third kappa shape index (κ3) is 4.58. The van der Waals surface area contributed by atoms with Crippen LogP contribution in [0.2, 0.25) is 0 Å². The molecule has 1 aromatic rings. The number of aryl methyl sites for hydroxylation is 1. The molecule has 16 heavy (non-hydrogen) atoms. The van der Waals surface area contributed by atoms with E-state index < -0.39 is 0 Å². The van der Waals surface area contributed by atoms with Gasteiger partial charge in [0.05, 0.1) is 6.04 Å². The summed E-state index contributed by atoms with van der Waals surface area (Å²) >= 11 is 0. The number of Topliss-reactive ketones (excluding diaryl/α,β-unsaturated/α-hetero) is 1. The fourth-order valence-corrected chi connectivity index (χ4v) is 1.76. The Balaban J connectivity index is 2.23. The van der Waals surface area contributed by atoms with Crippen molar-refractivity contribution >= 4 is 5.78 Å². The molecule has 0 saturated carbocycles. The summed E-state index contributed by atoms with van der Waals surface area (Å²) in [6, 6.07) is 10.1. The summed E-state index contributed by atoms with van der Waals surface area (Å²) in [7, 11) is 0. The first-order chi connectivity index (χ1) is 7.74. The van der Waals surface area contributed by atoms with Crippen LogP contribution in [0.3, 0.4) is 0 Å². The molecular formula is C14H21NO. The quantitative estimate of drug-likeness (QED) is 0.766. The summed E-state index contributed by atoms with van der Waals surface area (Å²) < 4.78 is 0. The molecule has 0 spiro atoms. The van der Waals surface area contributed by atoms with Crippen molar-refractivity contribution in [1.29, 1.82) is 0 Å². The molecule has 0 aliphatic heterocycles. The van der Waals surface area contributed by atoms with E-state index in [9.17, 15) is 4.79 Å². The molecule has 2 heteroatoms. The predicted octanol–water partition coefficient (Wildman–Crippen LogP) is 2.71. The van der Waals surface area contributed by atoms with Gasteiger partial charge in [-0.05, 0) is 31.2 Å². The lowest BCUT2D eigenvalue weighted by Crippen LogP contribution is -2.30. The Labute approximate surface area is 97.9 Å². The topological polar surface area (TPSA) is 43.1 Å². The van der Waals surface area contributed by atoms with E-state index in [2.05, 4.69) is 12.1 Å². The number of ketones is 1. The van der Waals surface area contributed by atoms with Crippen molar-refractivity contribution in [3.05, 3.63) is 35.9 Å². The Morgan fingerprint density at radius 3 is 2.62 bits per heavy atom. The molecule has 0 fully saturated rings. The fourth-order valence-electron chi connectivity index (χ4n) is 1.76. The highest BCUT2D eigenvalue weighted by molar-refractivity contribution is 5.83. The number of rotatable bonds is 7. The Hall–Kier alpha value is -1.15. The van der Waals surface area contributed by atoms with Gasteiger partial charge in [-0.25, -0.2) is 0 Å². The van der Waals surface area contributed by atoms with Gasteiger partial charge < -0.3 is 5.73 Å². The molecule has 1 atom stereocenters. The van der Waals surface area contributed by atoms with Crippen LogP contribution < -0.4 is 5.73 Å². The Morgan fingerprint density at radius 2 is 2.00 bits per heavy atom. The van der Waals surface area contributed by atoms with Crippen molar-refractivity contribution in [2.24, 2.45) is 5.73 Å². The van der Waals surface area contributed by atoms with Crippen molar-refractivity contribution in [2.75, 3.05) is 0 Å². The van der Waals surface area contributed by atoms with Crippen molar-refractivity contribution in [1.82, 2.24) is 0 Å². The van der Waals surface area contributed by atoms with Gasteiger partial charge >= 0.3 is 0 Å². The highest BCUT2D eigenvalue weighted by atomic mass is 16.1. The summed E-state index contributed by atoms with van der Waals surface area (Å²) in [6.07, 6.45) is 4.31. The van der Waals surface area contributed by atoms with Crippen LogP contribution in [-0.2, 0) is 11.2 Å². The van der Waals surface area contributed by atoms with Gasteiger partial charge in [-0.2, -0.15) is 0 Å². The van der Waals surface area contributed by atoms with Gasteiger partial charge in [0.15, 0.2) is 0 Å². The largest absolute Gasteiger partial charge is 0.322 e. The van der Waals surface area contributed by atoms with Crippen molar-refractivity contribution in [3.8, 4) is 0 Å². The molecule has 0 aliphatic carbocycles. The van der Waals surface area contributed by atoms with Crippen molar-refractivity contribution < 1.29 is 4.79 Å². The zero-order valence-electron chi connectivity index (χ0n) is 9.99. The standard InChI is InChI=1S/C14H21NO/c1-2-7-14(16)13(15)11-6-10-12-8-4-3-5-9-12/h3-5,8-9,13H,2,6-7,10-11,15H2,1H3. The third-order valence-corrected chi connectivity index (χ3v) is 2.73. The van der Waals surface area contributed by atoms with Crippen LogP contribution in [0.15, 0.2) is 30.3 Å². The van der Waals surface area contributed by atoms with Gasteiger partial charge in [0, 0.05) is 6.42 Å². The Morgan fingerprint density at radius 1 is 1.31 bits per heavy atom. The predicted molar refractivity (Wildman–Crippen MR) is 67.3 cm³/mol. The monoisotopic (exact) mass is 219 g/mol. The first-order valence-corrected chi connectivity index (χ1v) is 6.06. The van der Waals surface area contributed by atoms with E-state index in [-0.39, 0.29) is 11.8 Å². The minimum absolute atomic E-state index is 0.204. The second-order valence-corrected chi connectivity index (χ2v) is 4.20. The van der Waals surface area contributed by atoms with Gasteiger partial charge in [-0.1, -0.05) is 37.3 Å². The second-order valence-electron chi connectivity index (χ2n) is 4.20. The maximum Gasteiger partial charge on any atom is 0.149 e. The van der Waals surface area contributed by atoms with E-state index in [4.69, 9.17) is 5.73 Å². The first-order valence-electron chi connectivity index (χ1n) is 6.06. The molecule has 2 N–H and O–H groups in total. The number of carbonyl (C=O) groups excluding carboxylic acids is 1. The molecule has 0 heterocycles. The maximum absolute atomic E-state index is 11.5. The van der Waals surface area contributed by atoms with E-state index >= 15 is 0 Å². The van der Waals surface area contributed by atoms with E-state index in [1.165, 1.54) is 5.56 Å². The van der Waals surface area contributed by atoms with Gasteiger partial charge in [-0.15, -0.1) is 0 Å². The molecule has 0 amide bonds. The molecule has 2 nitrogen and oxygen atoms in total. The molecule has 88 valence electrons. The molecule has 1 aromatic carbocycles. The lowest BCUT2D eigenvalue weighted by atomic mass is 10.0. The van der Waals surface area contributed by atoms with E-state index in [1.54, 1.807) is 0 Å². The summed E-state index contributed by atoms with van der Waals surface area (Å²) in [5.74, 6) is 0.204. The van der Waals surface area contributed by atoms with Crippen molar-refractivity contribution in [2.45, 2.75) is 45.1 Å². The van der Waals surface area contributed by atoms with Crippen LogP contribution in [-0.4, -0.2) is 11.8 Å². The minimum Gasteiger partial charge on any atom is -0.322 e. The molecule has 0 aliphatic rings. The number of benzene rings is 1. The van der Waals surface area contributed by atoms with Crippen LogP contribution in [0, 0.1) is 0 Å². The zero-order chi connectivity index (χ0) is 11.8. The Bertz CT molecular complexity index is 308. The zero-order valence-corrected chi connectivity index (χ0v) is 9.99. The summed E-state index contributed by atoms with van der Waals surface area (Å²) in [6.45, 7) is 2.01. The molecule has 1 unspecified atom stereocenters. The smallest absolute Gasteiger partial charge is 0.149 e. The number of hydrogen-bond donors (Lipinski definition) is 1. The number of carbonyl (C=O) groups is 1. The normalized spacial score (nSPS) is 12.4. The summed E-state index contributed by atoms with van der Waals surface area (Å²) in [5.41, 5.74) is 7.14. The molecule has 0 saturated heterocycles. The lowest BCUT2D eigenvalue weighted by molar-refractivity contribution is -0.120. The van der Waals surface area contributed by atoms with E-state index in [0.717, 1.165) is 25.7 Å². The van der Waals surface area contributed by atoms with E-state index in [1.807, 2.05) is 25.1 Å². The van der Waals surface area contributed by atoms with Crippen LogP contribution in [0.1, 0.15) is 38.2 Å². The molecule has 0 bridgehead atoms. The molecule has 1 rings (SSSR count). The highest BCUT2D eigenvalue weighted by Crippen LogP contribution is 2.07. The van der Waals surface area contributed by atoms with Crippen molar-refractivity contribution in [3.63, 3.8) is 0 Å². The van der Waals surface area contributed by atoms with Gasteiger partial charge in [0.2, 0.25) is 0 Å². The average Bonchev–Trinajstić information content (AvgIpc) is 2.30. The SMILES string of the molecule is CCCC(=O)C(N)CCCc1ccccc1. The highest BCUT2D eigenvalue weighted by Gasteiger charge is 2.11. The van der Waals surface area contributed by atoms with Gasteiger partial charge in [0.25, 0.3) is 0 Å². The summed E-state index contributed by atoms with van der Waals surface area (Å²) in [4.78, 5) is 11.5. The number of nitrogens with two attached hydrogens (primary N) is 1. The summed E-state index contributed by atoms with van der Waals surface area (Å²) in [5, 5.41) is 0. The second kappa shape index (κ2) is 7.18. The number of hydrogen-bond acceptors (Lipinski definition) is 2. The maximum atomic E-state index is 11.5. The van der Waals surface area contributed by atoms with Gasteiger partial charge in [0.1, 0.15) is 5.78 Å². The third-order valence-electron chi connectivity index (χ3n) is 2.73. The Kier molecular flexibility index (Phi) is 5.79. The first kappa shape index (κ1) is 12.9. The van der Waals surface area contributed by atoms with E-state index in [0.29, 0.717) is 6.42 Å². The lowest BCUT2D eigenvalue weighted by Gasteiger charge is -2.09. The average molecular weight is 219 g/mol. The minimum atomic E-state index is -0.260. The fraction of sp³-hybridized carbons (Fsp3) is 0.500. The molecular weight excluding hydrogens is 198 g/mol. The molecule has 0 radical (unpaired) electrons. The van der Waals surface area contributed by atoms with Crippen LogP contribution in [0.25, 0.3) is 0 Å².